The minimum Gasteiger partial charge on any atom is -0.376 e. The van der Waals surface area contributed by atoms with Crippen LogP contribution in [0, 0.1) is 6.92 Å². The van der Waals surface area contributed by atoms with Gasteiger partial charge >= 0.3 is 0 Å². The number of para-hydroxylation sites is 1. The van der Waals surface area contributed by atoms with Gasteiger partial charge in [0.25, 0.3) is 0 Å². The smallest absolute Gasteiger partial charge is 0.206 e. The van der Waals surface area contributed by atoms with Gasteiger partial charge in [-0.05, 0) is 31.4 Å². The van der Waals surface area contributed by atoms with Gasteiger partial charge in [0.15, 0.2) is 4.34 Å². The molecule has 0 amide bonds. The van der Waals surface area contributed by atoms with Crippen molar-refractivity contribution in [3.8, 4) is 0 Å². The largest absolute Gasteiger partial charge is 0.376 e. The van der Waals surface area contributed by atoms with Crippen LogP contribution in [-0.2, 0) is 10.5 Å². The standard InChI is InChI=1S/C18H19ClN4OS2/c1-11-13-6-2-3-7-14(13)21-15(16(11)19)10-25-18-23-22-17(26-18)20-9-12-5-4-8-24-12/h2-3,6-7,12H,4-5,8-10H2,1H3,(H,20,22). The molecule has 1 fully saturated rings. The summed E-state index contributed by atoms with van der Waals surface area (Å²) in [6.07, 6.45) is 2.54. The van der Waals surface area contributed by atoms with E-state index in [1.807, 2.05) is 25.1 Å². The number of rotatable bonds is 6. The van der Waals surface area contributed by atoms with Crippen LogP contribution in [-0.4, -0.2) is 34.4 Å². The Kier molecular flexibility index (Phi) is 5.59. The number of thioether (sulfide) groups is 1. The molecule has 1 aliphatic heterocycles. The number of benzene rings is 1. The van der Waals surface area contributed by atoms with Crippen LogP contribution < -0.4 is 5.32 Å². The van der Waals surface area contributed by atoms with E-state index in [0.29, 0.717) is 11.9 Å². The second-order valence-corrected chi connectivity index (χ2v) is 8.77. The topological polar surface area (TPSA) is 59.9 Å². The van der Waals surface area contributed by atoms with E-state index in [-0.39, 0.29) is 0 Å². The van der Waals surface area contributed by atoms with Gasteiger partial charge in [0.2, 0.25) is 5.13 Å². The van der Waals surface area contributed by atoms with Gasteiger partial charge in [0.1, 0.15) is 0 Å². The van der Waals surface area contributed by atoms with E-state index in [4.69, 9.17) is 21.3 Å². The van der Waals surface area contributed by atoms with Gasteiger partial charge in [-0.1, -0.05) is 52.9 Å². The van der Waals surface area contributed by atoms with E-state index in [9.17, 15) is 0 Å². The van der Waals surface area contributed by atoms with Crippen molar-refractivity contribution in [3.05, 3.63) is 40.5 Å². The van der Waals surface area contributed by atoms with E-state index in [1.165, 1.54) is 0 Å². The predicted octanol–water partition coefficient (Wildman–Crippen LogP) is 4.93. The summed E-state index contributed by atoms with van der Waals surface area (Å²) >= 11 is 9.69. The summed E-state index contributed by atoms with van der Waals surface area (Å²) in [5, 5.41) is 14.4. The number of ether oxygens (including phenoxy) is 1. The fourth-order valence-electron chi connectivity index (χ4n) is 2.99. The number of aryl methyl sites for hydroxylation is 1. The molecular weight excluding hydrogens is 388 g/mol. The molecule has 0 radical (unpaired) electrons. The molecule has 26 heavy (non-hydrogen) atoms. The normalized spacial score (nSPS) is 17.1. The van der Waals surface area contributed by atoms with Crippen molar-refractivity contribution in [2.24, 2.45) is 0 Å². The lowest BCUT2D eigenvalue weighted by atomic mass is 10.1. The van der Waals surface area contributed by atoms with Crippen LogP contribution in [0.2, 0.25) is 5.02 Å². The summed E-state index contributed by atoms with van der Waals surface area (Å²) in [5.74, 6) is 0.672. The maximum atomic E-state index is 6.53. The van der Waals surface area contributed by atoms with Gasteiger partial charge in [-0.3, -0.25) is 4.98 Å². The Morgan fingerprint density at radius 3 is 3.08 bits per heavy atom. The summed E-state index contributed by atoms with van der Waals surface area (Å²) in [5.41, 5.74) is 2.93. The second kappa shape index (κ2) is 8.08. The van der Waals surface area contributed by atoms with Crippen molar-refractivity contribution in [2.45, 2.75) is 36.0 Å². The highest BCUT2D eigenvalue weighted by Crippen LogP contribution is 2.33. The molecule has 1 N–H and O–H groups in total. The molecule has 1 saturated heterocycles. The summed E-state index contributed by atoms with van der Waals surface area (Å²) in [6.45, 7) is 3.69. The Morgan fingerprint density at radius 2 is 2.23 bits per heavy atom. The molecule has 1 aromatic carbocycles. The summed E-state index contributed by atoms with van der Waals surface area (Å²) in [4.78, 5) is 4.72. The lowest BCUT2D eigenvalue weighted by molar-refractivity contribution is 0.120. The lowest BCUT2D eigenvalue weighted by Crippen LogP contribution is -2.18. The highest BCUT2D eigenvalue weighted by Gasteiger charge is 2.16. The molecule has 3 aromatic rings. The highest BCUT2D eigenvalue weighted by atomic mass is 35.5. The molecule has 5 nitrogen and oxygen atoms in total. The first kappa shape index (κ1) is 18.0. The quantitative estimate of drug-likeness (QED) is 0.585. The average molecular weight is 407 g/mol. The third kappa shape index (κ3) is 3.96. The fraction of sp³-hybridized carbons (Fsp3) is 0.389. The molecule has 2 aromatic heterocycles. The van der Waals surface area contributed by atoms with Gasteiger partial charge in [-0.15, -0.1) is 10.2 Å². The first-order valence-corrected chi connectivity index (χ1v) is 10.7. The number of aromatic nitrogens is 3. The number of nitrogens with zero attached hydrogens (tertiary/aromatic N) is 3. The molecular formula is C18H19ClN4OS2. The van der Waals surface area contributed by atoms with Gasteiger partial charge < -0.3 is 10.1 Å². The Balaban J connectivity index is 1.41. The van der Waals surface area contributed by atoms with Crippen LogP contribution in [0.4, 0.5) is 5.13 Å². The summed E-state index contributed by atoms with van der Waals surface area (Å²) in [7, 11) is 0. The van der Waals surface area contributed by atoms with E-state index >= 15 is 0 Å². The molecule has 0 aliphatic carbocycles. The Bertz CT molecular complexity index is 911. The molecule has 4 rings (SSSR count). The fourth-order valence-corrected chi connectivity index (χ4v) is 4.98. The van der Waals surface area contributed by atoms with Crippen molar-refractivity contribution in [3.63, 3.8) is 0 Å². The Hall–Kier alpha value is -1.41. The molecule has 136 valence electrons. The van der Waals surface area contributed by atoms with Gasteiger partial charge in [0, 0.05) is 24.3 Å². The molecule has 3 heterocycles. The van der Waals surface area contributed by atoms with Gasteiger partial charge in [0.05, 0.1) is 22.3 Å². The monoisotopic (exact) mass is 406 g/mol. The minimum atomic E-state index is 0.290. The Morgan fingerprint density at radius 1 is 1.35 bits per heavy atom. The zero-order chi connectivity index (χ0) is 17.9. The van der Waals surface area contributed by atoms with Crippen molar-refractivity contribution in [1.29, 1.82) is 0 Å². The maximum absolute atomic E-state index is 6.53. The maximum Gasteiger partial charge on any atom is 0.206 e. The number of pyridine rings is 1. The number of fused-ring (bicyclic) bond motifs is 1. The van der Waals surface area contributed by atoms with Crippen LogP contribution in [0.3, 0.4) is 0 Å². The third-order valence-corrected chi connectivity index (χ3v) is 6.92. The average Bonchev–Trinajstić information content (AvgIpc) is 3.33. The van der Waals surface area contributed by atoms with Crippen molar-refractivity contribution < 1.29 is 4.74 Å². The molecule has 0 saturated carbocycles. The predicted molar refractivity (Wildman–Crippen MR) is 108 cm³/mol. The van der Waals surface area contributed by atoms with Crippen LogP contribution in [0.1, 0.15) is 24.1 Å². The van der Waals surface area contributed by atoms with E-state index in [0.717, 1.165) is 62.6 Å². The van der Waals surface area contributed by atoms with Crippen LogP contribution >= 0.6 is 34.7 Å². The number of halogens is 1. The van der Waals surface area contributed by atoms with Gasteiger partial charge in [-0.25, -0.2) is 0 Å². The summed E-state index contributed by atoms with van der Waals surface area (Å²) < 4.78 is 6.52. The van der Waals surface area contributed by atoms with Crippen molar-refractivity contribution in [1.82, 2.24) is 15.2 Å². The number of hydrogen-bond donors (Lipinski definition) is 1. The van der Waals surface area contributed by atoms with Crippen LogP contribution in [0.25, 0.3) is 10.9 Å². The summed E-state index contributed by atoms with van der Waals surface area (Å²) in [6, 6.07) is 8.08. The SMILES string of the molecule is Cc1c(Cl)c(CSc2nnc(NCC3CCCO3)s2)nc2ccccc12. The zero-order valence-corrected chi connectivity index (χ0v) is 16.8. The highest BCUT2D eigenvalue weighted by molar-refractivity contribution is 8.00. The molecule has 1 unspecified atom stereocenters. The number of nitrogens with one attached hydrogen (secondary N) is 1. The van der Waals surface area contributed by atoms with Gasteiger partial charge in [-0.2, -0.15) is 0 Å². The first-order chi connectivity index (χ1) is 12.7. The van der Waals surface area contributed by atoms with Crippen LogP contribution in [0.5, 0.6) is 0 Å². The third-order valence-electron chi connectivity index (χ3n) is 4.39. The minimum absolute atomic E-state index is 0.290. The second-order valence-electron chi connectivity index (χ2n) is 6.19. The van der Waals surface area contributed by atoms with E-state index < -0.39 is 0 Å². The number of anilines is 1. The lowest BCUT2D eigenvalue weighted by Gasteiger charge is -2.09. The molecule has 0 bridgehead atoms. The van der Waals surface area contributed by atoms with E-state index in [1.54, 1.807) is 23.1 Å². The molecule has 0 spiro atoms. The number of hydrogen-bond acceptors (Lipinski definition) is 7. The molecule has 1 atom stereocenters. The Labute approximate surface area is 165 Å². The zero-order valence-electron chi connectivity index (χ0n) is 14.4. The van der Waals surface area contributed by atoms with E-state index in [2.05, 4.69) is 21.6 Å². The molecule has 1 aliphatic rings. The van der Waals surface area contributed by atoms with Crippen molar-refractivity contribution >= 4 is 50.7 Å². The van der Waals surface area contributed by atoms with Crippen LogP contribution in [0.15, 0.2) is 28.6 Å². The first-order valence-electron chi connectivity index (χ1n) is 8.56. The van der Waals surface area contributed by atoms with Crippen molar-refractivity contribution in [2.75, 3.05) is 18.5 Å². The molecule has 8 heteroatoms.